The van der Waals surface area contributed by atoms with Gasteiger partial charge in [0.25, 0.3) is 10.0 Å². The Balaban J connectivity index is 1.63. The third-order valence-electron chi connectivity index (χ3n) is 4.75. The van der Waals surface area contributed by atoms with Crippen LogP contribution in [-0.4, -0.2) is 27.6 Å². The number of pyridine rings is 1. The first-order chi connectivity index (χ1) is 15.8. The lowest BCUT2D eigenvalue weighted by atomic mass is 10.2. The molecule has 0 spiro atoms. The van der Waals surface area contributed by atoms with Crippen LogP contribution in [0.5, 0.6) is 23.0 Å². The van der Waals surface area contributed by atoms with Crippen LogP contribution in [0.2, 0.25) is 0 Å². The van der Waals surface area contributed by atoms with Gasteiger partial charge in [0.1, 0.15) is 22.2 Å². The van der Waals surface area contributed by atoms with E-state index in [9.17, 15) is 17.2 Å². The van der Waals surface area contributed by atoms with Crippen LogP contribution in [0.3, 0.4) is 0 Å². The number of rotatable bonds is 7. The third kappa shape index (κ3) is 4.51. The Labute approximate surface area is 188 Å². The third-order valence-corrected chi connectivity index (χ3v) is 6.14. The summed E-state index contributed by atoms with van der Waals surface area (Å²) in [5.41, 5.74) is 0.219. The van der Waals surface area contributed by atoms with Crippen molar-refractivity contribution in [1.82, 2.24) is 4.98 Å². The zero-order valence-corrected chi connectivity index (χ0v) is 18.3. The Morgan fingerprint density at radius 3 is 2.27 bits per heavy atom. The second kappa shape index (κ2) is 8.91. The van der Waals surface area contributed by atoms with Gasteiger partial charge in [0.05, 0.1) is 25.4 Å². The number of ether oxygens (including phenoxy) is 3. The molecule has 0 atom stereocenters. The van der Waals surface area contributed by atoms with Crippen LogP contribution in [0.1, 0.15) is 0 Å². The average Bonchev–Trinajstić information content (AvgIpc) is 2.80. The lowest BCUT2D eigenvalue weighted by Crippen LogP contribution is -2.15. The minimum atomic E-state index is -4.32. The molecule has 170 valence electrons. The Bertz CT molecular complexity index is 1440. The van der Waals surface area contributed by atoms with E-state index >= 15 is 0 Å². The molecule has 33 heavy (non-hydrogen) atoms. The molecule has 1 heterocycles. The average molecular weight is 472 g/mol. The fraction of sp³-hybridized carbons (Fsp3) is 0.0870. The molecular weight excluding hydrogens is 454 g/mol. The number of sulfonamides is 1. The lowest BCUT2D eigenvalue weighted by molar-refractivity contribution is 0.355. The Morgan fingerprint density at radius 1 is 0.848 bits per heavy atom. The highest BCUT2D eigenvalue weighted by Gasteiger charge is 2.20. The van der Waals surface area contributed by atoms with E-state index in [1.54, 1.807) is 18.2 Å². The summed E-state index contributed by atoms with van der Waals surface area (Å²) in [6, 6.07) is 13.4. The molecule has 0 amide bonds. The van der Waals surface area contributed by atoms with Gasteiger partial charge in [0, 0.05) is 23.7 Å². The second-order valence-corrected chi connectivity index (χ2v) is 8.46. The molecule has 0 unspecified atom stereocenters. The molecule has 0 saturated heterocycles. The largest absolute Gasteiger partial charge is 0.493 e. The second-order valence-electron chi connectivity index (χ2n) is 6.81. The molecule has 1 aromatic heterocycles. The SMILES string of the molecule is COc1cc2nccc(Oc3ccc(NS(=O)(=O)c4ccccc4F)c(F)c3)c2cc1OC. The van der Waals surface area contributed by atoms with Gasteiger partial charge in [-0.1, -0.05) is 12.1 Å². The quantitative estimate of drug-likeness (QED) is 0.402. The van der Waals surface area contributed by atoms with Gasteiger partial charge >= 0.3 is 0 Å². The number of anilines is 1. The van der Waals surface area contributed by atoms with Crippen molar-refractivity contribution in [2.24, 2.45) is 0 Å². The minimum Gasteiger partial charge on any atom is -0.493 e. The number of fused-ring (bicyclic) bond motifs is 1. The van der Waals surface area contributed by atoms with Crippen LogP contribution >= 0.6 is 0 Å². The molecule has 0 aliphatic heterocycles. The molecule has 4 rings (SSSR count). The Kier molecular flexibility index (Phi) is 6.01. The van der Waals surface area contributed by atoms with Crippen LogP contribution in [-0.2, 0) is 10.0 Å². The number of halogens is 2. The van der Waals surface area contributed by atoms with Crippen LogP contribution < -0.4 is 18.9 Å². The topological polar surface area (TPSA) is 86.8 Å². The molecule has 7 nitrogen and oxygen atoms in total. The smallest absolute Gasteiger partial charge is 0.264 e. The van der Waals surface area contributed by atoms with Gasteiger partial charge in [0.15, 0.2) is 17.3 Å². The summed E-state index contributed by atoms with van der Waals surface area (Å²) in [5, 5.41) is 0.597. The molecule has 0 fully saturated rings. The number of methoxy groups -OCH3 is 2. The van der Waals surface area contributed by atoms with E-state index in [0.717, 1.165) is 18.2 Å². The summed E-state index contributed by atoms with van der Waals surface area (Å²) >= 11 is 0. The first kappa shape index (κ1) is 22.3. The van der Waals surface area contributed by atoms with Crippen LogP contribution in [0.15, 0.2) is 71.8 Å². The van der Waals surface area contributed by atoms with Gasteiger partial charge in [-0.05, 0) is 36.4 Å². The number of benzene rings is 3. The Morgan fingerprint density at radius 2 is 1.58 bits per heavy atom. The summed E-state index contributed by atoms with van der Waals surface area (Å²) in [7, 11) is -1.32. The van der Waals surface area contributed by atoms with E-state index in [-0.39, 0.29) is 11.4 Å². The van der Waals surface area contributed by atoms with Crippen molar-refractivity contribution in [2.75, 3.05) is 18.9 Å². The van der Waals surface area contributed by atoms with Gasteiger partial charge in [-0.15, -0.1) is 0 Å². The van der Waals surface area contributed by atoms with Crippen LogP contribution in [0.25, 0.3) is 10.9 Å². The van der Waals surface area contributed by atoms with E-state index in [4.69, 9.17) is 14.2 Å². The molecule has 3 aromatic carbocycles. The maximum atomic E-state index is 14.7. The number of nitrogens with one attached hydrogen (secondary N) is 1. The predicted octanol–water partition coefficient (Wildman–Crippen LogP) is 5.12. The highest BCUT2D eigenvalue weighted by Crippen LogP contribution is 2.37. The van der Waals surface area contributed by atoms with Gasteiger partial charge in [-0.3, -0.25) is 9.71 Å². The number of hydrogen-bond donors (Lipinski definition) is 1. The number of hydrogen-bond acceptors (Lipinski definition) is 6. The first-order valence-electron chi connectivity index (χ1n) is 9.58. The predicted molar refractivity (Wildman–Crippen MR) is 119 cm³/mol. The summed E-state index contributed by atoms with van der Waals surface area (Å²) < 4.78 is 71.9. The summed E-state index contributed by atoms with van der Waals surface area (Å²) in [6.45, 7) is 0. The van der Waals surface area contributed by atoms with E-state index in [0.29, 0.717) is 28.2 Å². The van der Waals surface area contributed by atoms with Crippen molar-refractivity contribution < 1.29 is 31.4 Å². The van der Waals surface area contributed by atoms with Crippen LogP contribution in [0, 0.1) is 11.6 Å². The molecule has 10 heteroatoms. The zero-order chi connectivity index (χ0) is 23.6. The van der Waals surface area contributed by atoms with Gasteiger partial charge in [-0.25, -0.2) is 17.2 Å². The molecule has 0 aliphatic carbocycles. The zero-order valence-electron chi connectivity index (χ0n) is 17.5. The molecule has 0 aliphatic rings. The molecule has 0 saturated carbocycles. The molecular formula is C23H18F2N2O5S. The first-order valence-corrected chi connectivity index (χ1v) is 11.1. The van der Waals surface area contributed by atoms with Gasteiger partial charge in [-0.2, -0.15) is 0 Å². The fourth-order valence-electron chi connectivity index (χ4n) is 3.17. The van der Waals surface area contributed by atoms with Gasteiger partial charge in [0.2, 0.25) is 0 Å². The lowest BCUT2D eigenvalue weighted by Gasteiger charge is -2.13. The van der Waals surface area contributed by atoms with E-state index in [1.807, 2.05) is 0 Å². The summed E-state index contributed by atoms with van der Waals surface area (Å²) in [4.78, 5) is 3.69. The number of nitrogens with zero attached hydrogens (tertiary/aromatic N) is 1. The maximum Gasteiger partial charge on any atom is 0.264 e. The van der Waals surface area contributed by atoms with Crippen molar-refractivity contribution in [2.45, 2.75) is 4.90 Å². The number of aromatic nitrogens is 1. The van der Waals surface area contributed by atoms with Crippen LogP contribution in [0.4, 0.5) is 14.5 Å². The fourth-order valence-corrected chi connectivity index (χ4v) is 4.32. The summed E-state index contributed by atoms with van der Waals surface area (Å²) in [6.07, 6.45) is 1.52. The van der Waals surface area contributed by atoms with Crippen molar-refractivity contribution in [3.63, 3.8) is 0 Å². The monoisotopic (exact) mass is 472 g/mol. The standard InChI is InChI=1S/C23H18F2N2O5S/c1-30-21-12-15-19(13-22(21)31-2)26-10-9-20(15)32-14-7-8-18(17(25)11-14)27-33(28,29)23-6-4-3-5-16(23)24/h3-13,27H,1-2H3. The van der Waals surface area contributed by atoms with Crippen molar-refractivity contribution in [1.29, 1.82) is 0 Å². The van der Waals surface area contributed by atoms with Crippen molar-refractivity contribution in [3.8, 4) is 23.0 Å². The van der Waals surface area contributed by atoms with E-state index in [2.05, 4.69) is 9.71 Å². The van der Waals surface area contributed by atoms with Crippen molar-refractivity contribution >= 4 is 26.6 Å². The highest BCUT2D eigenvalue weighted by atomic mass is 32.2. The highest BCUT2D eigenvalue weighted by molar-refractivity contribution is 7.92. The van der Waals surface area contributed by atoms with Gasteiger partial charge < -0.3 is 14.2 Å². The maximum absolute atomic E-state index is 14.7. The molecule has 0 radical (unpaired) electrons. The normalized spacial score (nSPS) is 11.3. The van der Waals surface area contributed by atoms with Crippen molar-refractivity contribution in [3.05, 3.63) is 78.5 Å². The molecule has 4 aromatic rings. The molecule has 1 N–H and O–H groups in total. The summed E-state index contributed by atoms with van der Waals surface area (Å²) in [5.74, 6) is -0.394. The molecule has 0 bridgehead atoms. The van der Waals surface area contributed by atoms with E-state index < -0.39 is 26.6 Å². The Hall–Kier alpha value is -3.92. The van der Waals surface area contributed by atoms with E-state index in [1.165, 1.54) is 44.7 Å². The minimum absolute atomic E-state index is 0.114.